The first-order valence-electron chi connectivity index (χ1n) is 14.1. The SMILES string of the molecule is COCCl.COCOc1ccc(Cl)nc1.COCOc1cnc(Cl)cc1I.COc1cnc(Cl)cc1I.Oc1ccc(Cl)nc1.Oc1cnc(Cl)cc1I. The standard InChI is InChI=1S/C7H7ClINO2.C7H8ClNO2.C6H5ClINO.C5H3ClINO.C5H4ClNO.C2H5ClO/c1-11-4-12-6-3-10-7(8)2-5(6)9;1-10-5-11-6-2-3-7(8)9-4-6;1-10-5-3-9-6(7)2-4(5)8;6-5-1-3(7)4(9)2-8-5;6-5-2-1-4(8)3-7-5;1-4-2-3/h2-3H,4H2,1H3;2-4H,5H2,1H3;2-3H,1H3;1-2,9H;1-3,8H;2H2,1H3. The van der Waals surface area contributed by atoms with Crippen LogP contribution in [0.2, 0.25) is 25.8 Å². The van der Waals surface area contributed by atoms with E-state index < -0.39 is 0 Å². The highest BCUT2D eigenvalue weighted by Crippen LogP contribution is 2.23. The zero-order valence-corrected chi connectivity index (χ0v) is 39.5. The van der Waals surface area contributed by atoms with E-state index in [4.69, 9.17) is 104 Å². The normalized spacial score (nSPS) is 9.43. The number of rotatable bonds is 8. The van der Waals surface area contributed by atoms with E-state index in [1.807, 2.05) is 22.6 Å². The molecule has 5 rings (SSSR count). The molecule has 0 bridgehead atoms. The molecule has 0 atom stereocenters. The number of halogens is 9. The Morgan fingerprint density at radius 3 is 1.35 bits per heavy atom. The number of aromatic nitrogens is 5. The van der Waals surface area contributed by atoms with Crippen LogP contribution in [0.4, 0.5) is 0 Å². The smallest absolute Gasteiger partial charge is 0.188 e. The first kappa shape index (κ1) is 52.6. The van der Waals surface area contributed by atoms with Gasteiger partial charge in [0.05, 0.1) is 48.8 Å². The van der Waals surface area contributed by atoms with E-state index in [-0.39, 0.29) is 25.1 Å². The van der Waals surface area contributed by atoms with Crippen molar-refractivity contribution in [3.8, 4) is 28.7 Å². The Kier molecular flexibility index (Phi) is 31.8. The van der Waals surface area contributed by atoms with E-state index in [2.05, 4.69) is 74.8 Å². The largest absolute Gasteiger partial charge is 0.506 e. The predicted octanol–water partition coefficient (Wildman–Crippen LogP) is 10.7. The summed E-state index contributed by atoms with van der Waals surface area (Å²) in [5, 5.41) is 19.7. The molecule has 0 aliphatic rings. The summed E-state index contributed by atoms with van der Waals surface area (Å²) in [6.07, 6.45) is 7.33. The van der Waals surface area contributed by atoms with Crippen LogP contribution in [-0.2, 0) is 14.2 Å². The van der Waals surface area contributed by atoms with Crippen LogP contribution < -0.4 is 14.2 Å². The molecular formula is C32H32Cl6I3N5O8. The number of aromatic hydroxyl groups is 2. The Morgan fingerprint density at radius 2 is 0.981 bits per heavy atom. The molecule has 0 radical (unpaired) electrons. The minimum absolute atomic E-state index is 0.134. The highest BCUT2D eigenvalue weighted by atomic mass is 127. The molecular weight excluding hydrogens is 1180 g/mol. The van der Waals surface area contributed by atoms with Crippen LogP contribution in [0.25, 0.3) is 0 Å². The summed E-state index contributed by atoms with van der Waals surface area (Å²) in [6, 6.07) is 11.8. The predicted molar refractivity (Wildman–Crippen MR) is 237 cm³/mol. The Hall–Kier alpha value is -1.44. The number of hydrogen-bond donors (Lipinski definition) is 2. The molecule has 22 heteroatoms. The lowest BCUT2D eigenvalue weighted by Crippen LogP contribution is -2.00. The number of hydrogen-bond acceptors (Lipinski definition) is 13. The summed E-state index contributed by atoms with van der Waals surface area (Å²) < 4.78 is 31.6. The van der Waals surface area contributed by atoms with Gasteiger partial charge >= 0.3 is 0 Å². The van der Waals surface area contributed by atoms with Gasteiger partial charge in [-0.3, -0.25) is 0 Å². The second-order valence-corrected chi connectivity index (χ2v) is 14.3. The maximum Gasteiger partial charge on any atom is 0.188 e. The summed E-state index contributed by atoms with van der Waals surface area (Å²) in [7, 11) is 6.28. The summed E-state index contributed by atoms with van der Waals surface area (Å²) in [6.45, 7) is 0.447. The van der Waals surface area contributed by atoms with Crippen molar-refractivity contribution in [1.29, 1.82) is 0 Å². The number of nitrogens with zero attached hydrogens (tertiary/aromatic N) is 5. The van der Waals surface area contributed by atoms with E-state index >= 15 is 0 Å². The van der Waals surface area contributed by atoms with Crippen molar-refractivity contribution < 1.29 is 38.6 Å². The molecule has 0 saturated heterocycles. The van der Waals surface area contributed by atoms with E-state index in [0.717, 1.165) is 12.9 Å². The monoisotopic (exact) mass is 1200 g/mol. The molecule has 296 valence electrons. The van der Waals surface area contributed by atoms with Crippen molar-refractivity contribution in [3.63, 3.8) is 0 Å². The van der Waals surface area contributed by atoms with Crippen molar-refractivity contribution in [1.82, 2.24) is 24.9 Å². The van der Waals surface area contributed by atoms with E-state index in [0.29, 0.717) is 46.9 Å². The van der Waals surface area contributed by atoms with Gasteiger partial charge in [0.2, 0.25) is 0 Å². The highest BCUT2D eigenvalue weighted by molar-refractivity contribution is 14.1. The first-order valence-corrected chi connectivity index (χ1v) is 19.7. The fourth-order valence-corrected chi connectivity index (χ4v) is 5.44. The Labute approximate surface area is 383 Å². The van der Waals surface area contributed by atoms with Crippen LogP contribution in [0.15, 0.2) is 73.4 Å². The van der Waals surface area contributed by atoms with Crippen molar-refractivity contribution in [2.45, 2.75) is 0 Å². The maximum atomic E-state index is 8.92. The summed E-state index contributed by atoms with van der Waals surface area (Å²) in [5.74, 6) is 2.39. The molecule has 13 nitrogen and oxygen atoms in total. The molecule has 5 aromatic rings. The highest BCUT2D eigenvalue weighted by Gasteiger charge is 2.02. The van der Waals surface area contributed by atoms with Crippen LogP contribution in [0.3, 0.4) is 0 Å². The summed E-state index contributed by atoms with van der Waals surface area (Å²) >= 11 is 38.9. The Morgan fingerprint density at radius 1 is 0.537 bits per heavy atom. The van der Waals surface area contributed by atoms with Crippen molar-refractivity contribution in [2.24, 2.45) is 0 Å². The average molecular weight is 1210 g/mol. The summed E-state index contributed by atoms with van der Waals surface area (Å²) in [4.78, 5) is 18.8. The van der Waals surface area contributed by atoms with Gasteiger partial charge in [-0.25, -0.2) is 24.9 Å². The molecule has 0 spiro atoms. The lowest BCUT2D eigenvalue weighted by molar-refractivity contribution is 0.0502. The van der Waals surface area contributed by atoms with Crippen LogP contribution >= 0.6 is 137 Å². The zero-order valence-electron chi connectivity index (χ0n) is 28.5. The minimum Gasteiger partial charge on any atom is -0.506 e. The van der Waals surface area contributed by atoms with Gasteiger partial charge in [-0.05, 0) is 110 Å². The van der Waals surface area contributed by atoms with Gasteiger partial charge in [0.15, 0.2) is 25.1 Å². The maximum absolute atomic E-state index is 8.92. The molecule has 0 saturated carbocycles. The molecule has 2 N–H and O–H groups in total. The van der Waals surface area contributed by atoms with Gasteiger partial charge in [0.1, 0.15) is 49.1 Å². The van der Waals surface area contributed by atoms with Gasteiger partial charge in [0.25, 0.3) is 0 Å². The van der Waals surface area contributed by atoms with E-state index in [1.165, 1.54) is 24.5 Å². The number of ether oxygens (including phenoxy) is 6. The summed E-state index contributed by atoms with van der Waals surface area (Å²) in [5.41, 5.74) is 0. The van der Waals surface area contributed by atoms with Gasteiger partial charge in [-0.15, -0.1) is 0 Å². The second kappa shape index (κ2) is 32.6. The molecule has 5 heterocycles. The van der Waals surface area contributed by atoms with Crippen LogP contribution in [0.1, 0.15) is 0 Å². The third-order valence-electron chi connectivity index (χ3n) is 4.79. The fraction of sp³-hybridized carbons (Fsp3) is 0.219. The molecule has 54 heavy (non-hydrogen) atoms. The van der Waals surface area contributed by atoms with Crippen LogP contribution in [0, 0.1) is 10.7 Å². The number of pyridine rings is 5. The Balaban J connectivity index is 0.000000637. The lowest BCUT2D eigenvalue weighted by atomic mass is 10.5. The molecule has 0 unspecified atom stereocenters. The second-order valence-electron chi connectivity index (χ2n) is 8.69. The van der Waals surface area contributed by atoms with Crippen molar-refractivity contribution >= 4 is 137 Å². The lowest BCUT2D eigenvalue weighted by Gasteiger charge is -2.05. The third kappa shape index (κ3) is 26.4. The van der Waals surface area contributed by atoms with E-state index in [9.17, 15) is 0 Å². The van der Waals surface area contributed by atoms with Gasteiger partial charge in [0, 0.05) is 21.3 Å². The molecule has 0 amide bonds. The molecule has 0 aliphatic heterocycles. The van der Waals surface area contributed by atoms with Gasteiger partial charge in [-0.2, -0.15) is 0 Å². The van der Waals surface area contributed by atoms with E-state index in [1.54, 1.807) is 77.4 Å². The third-order valence-corrected chi connectivity index (χ3v) is 8.63. The fourth-order valence-electron chi connectivity index (χ4n) is 2.51. The molecule has 0 fully saturated rings. The minimum atomic E-state index is 0.134. The van der Waals surface area contributed by atoms with Crippen LogP contribution in [-0.4, -0.2) is 83.2 Å². The Bertz CT molecular complexity index is 1720. The molecule has 0 aliphatic carbocycles. The molecule has 0 aromatic carbocycles. The topological polar surface area (TPSA) is 160 Å². The van der Waals surface area contributed by atoms with Gasteiger partial charge in [-0.1, -0.05) is 69.6 Å². The van der Waals surface area contributed by atoms with Crippen molar-refractivity contribution in [2.75, 3.05) is 48.1 Å². The quantitative estimate of drug-likeness (QED) is 0.0655. The number of methoxy groups -OCH3 is 4. The first-order chi connectivity index (χ1) is 25.7. The number of alkyl halides is 1. The van der Waals surface area contributed by atoms with Crippen LogP contribution in [0.5, 0.6) is 28.7 Å². The molecule has 5 aromatic heterocycles. The average Bonchev–Trinajstić information content (AvgIpc) is 3.15. The zero-order chi connectivity index (χ0) is 40.9. The van der Waals surface area contributed by atoms with Crippen molar-refractivity contribution in [3.05, 3.63) is 110 Å². The van der Waals surface area contributed by atoms with Gasteiger partial charge < -0.3 is 38.6 Å².